The predicted molar refractivity (Wildman–Crippen MR) is 35.5 cm³/mol. The molecule has 0 rings (SSSR count). The molecular formula is C7H11N. The summed E-state index contributed by atoms with van der Waals surface area (Å²) in [5.74, 6) is 0. The predicted octanol–water partition coefficient (Wildman–Crippen LogP) is 2.26. The van der Waals surface area contributed by atoms with Gasteiger partial charge in [0.15, 0.2) is 0 Å². The van der Waals surface area contributed by atoms with E-state index < -0.39 is 0 Å². The van der Waals surface area contributed by atoms with Gasteiger partial charge in [0.25, 0.3) is 0 Å². The van der Waals surface area contributed by atoms with Gasteiger partial charge in [-0.25, -0.2) is 6.57 Å². The minimum atomic E-state index is 0.542. The van der Waals surface area contributed by atoms with E-state index in [0.29, 0.717) is 6.54 Å². The second-order valence-electron chi connectivity index (χ2n) is 1.60. The molecule has 0 atom stereocenters. The lowest BCUT2D eigenvalue weighted by molar-refractivity contribution is 0.956. The van der Waals surface area contributed by atoms with Crippen molar-refractivity contribution >= 4 is 0 Å². The first-order valence-corrected chi connectivity index (χ1v) is 2.90. The fraction of sp³-hybridized carbons (Fsp3) is 0.571. The third kappa shape index (κ3) is 5.23. The van der Waals surface area contributed by atoms with Crippen LogP contribution in [0.4, 0.5) is 0 Å². The summed E-state index contributed by atoms with van der Waals surface area (Å²) in [6, 6.07) is 0. The van der Waals surface area contributed by atoms with Gasteiger partial charge in [-0.2, -0.15) is 0 Å². The Morgan fingerprint density at radius 3 is 2.75 bits per heavy atom. The van der Waals surface area contributed by atoms with Crippen molar-refractivity contribution in [3.05, 3.63) is 23.6 Å². The fourth-order valence-corrected chi connectivity index (χ4v) is 0.412. The normalized spacial score (nSPS) is 9.50. The van der Waals surface area contributed by atoms with Crippen LogP contribution in [-0.4, -0.2) is 6.54 Å². The molecule has 0 spiro atoms. The molecule has 0 saturated carbocycles. The fourth-order valence-electron chi connectivity index (χ4n) is 0.412. The second-order valence-corrected chi connectivity index (χ2v) is 1.60. The highest BCUT2D eigenvalue weighted by Crippen LogP contribution is 1.87. The summed E-state index contributed by atoms with van der Waals surface area (Å²) in [5, 5.41) is 0. The van der Waals surface area contributed by atoms with Crippen molar-refractivity contribution in [2.45, 2.75) is 19.8 Å². The summed E-state index contributed by atoms with van der Waals surface area (Å²) in [5.41, 5.74) is 0. The average molecular weight is 109 g/mol. The molecule has 0 unspecified atom stereocenters. The van der Waals surface area contributed by atoms with Gasteiger partial charge in [0.2, 0.25) is 6.54 Å². The van der Waals surface area contributed by atoms with Crippen molar-refractivity contribution in [1.82, 2.24) is 0 Å². The third-order valence-corrected chi connectivity index (χ3v) is 0.819. The molecule has 0 aromatic heterocycles. The van der Waals surface area contributed by atoms with Gasteiger partial charge in [-0.05, 0) is 12.5 Å². The van der Waals surface area contributed by atoms with Crippen LogP contribution in [0, 0.1) is 6.57 Å². The molecule has 0 saturated heterocycles. The Morgan fingerprint density at radius 2 is 2.25 bits per heavy atom. The van der Waals surface area contributed by atoms with Crippen LogP contribution in [0.5, 0.6) is 0 Å². The van der Waals surface area contributed by atoms with Crippen LogP contribution in [-0.2, 0) is 0 Å². The molecule has 0 fully saturated rings. The molecule has 0 bridgehead atoms. The third-order valence-electron chi connectivity index (χ3n) is 0.819. The number of hydrogen-bond donors (Lipinski definition) is 0. The van der Waals surface area contributed by atoms with Crippen molar-refractivity contribution in [3.8, 4) is 0 Å². The Balaban J connectivity index is 2.98. The van der Waals surface area contributed by atoms with E-state index >= 15 is 0 Å². The highest BCUT2D eigenvalue weighted by molar-refractivity contribution is 4.87. The molecule has 1 nitrogen and oxygen atoms in total. The molecule has 0 N–H and O–H groups in total. The topological polar surface area (TPSA) is 4.36 Å². The van der Waals surface area contributed by atoms with Gasteiger partial charge < -0.3 is 4.85 Å². The van der Waals surface area contributed by atoms with Gasteiger partial charge in [-0.15, -0.1) is 0 Å². The zero-order valence-corrected chi connectivity index (χ0v) is 5.22. The Morgan fingerprint density at radius 1 is 1.50 bits per heavy atom. The number of unbranched alkanes of at least 4 members (excludes halogenated alkanes) is 1. The van der Waals surface area contributed by atoms with Gasteiger partial charge in [0, 0.05) is 0 Å². The first kappa shape index (κ1) is 7.23. The lowest BCUT2D eigenvalue weighted by Crippen LogP contribution is -1.64. The monoisotopic (exact) mass is 109 g/mol. The van der Waals surface area contributed by atoms with Crippen molar-refractivity contribution in [1.29, 1.82) is 0 Å². The van der Waals surface area contributed by atoms with Crippen molar-refractivity contribution in [2.24, 2.45) is 0 Å². The van der Waals surface area contributed by atoms with E-state index in [1.807, 2.05) is 6.08 Å². The van der Waals surface area contributed by atoms with Crippen LogP contribution in [0.15, 0.2) is 12.2 Å². The van der Waals surface area contributed by atoms with Crippen LogP contribution < -0.4 is 0 Å². The quantitative estimate of drug-likeness (QED) is 0.387. The highest BCUT2D eigenvalue weighted by atomic mass is 14.6. The Bertz CT molecular complexity index is 97.4. The van der Waals surface area contributed by atoms with Crippen molar-refractivity contribution in [2.75, 3.05) is 6.54 Å². The minimum Gasteiger partial charge on any atom is -0.312 e. The molecule has 0 amide bonds. The summed E-state index contributed by atoms with van der Waals surface area (Å²) < 4.78 is 0. The summed E-state index contributed by atoms with van der Waals surface area (Å²) >= 11 is 0. The standard InChI is InChI=1S/C7H11N/c1-3-4-5-6-7-8-2/h5-6H,3-4,7H2,1H3/b6-5+. The first-order chi connectivity index (χ1) is 3.91. The lowest BCUT2D eigenvalue weighted by Gasteiger charge is -1.77. The average Bonchev–Trinajstić information content (AvgIpc) is 1.81. The smallest absolute Gasteiger partial charge is 0.232 e. The van der Waals surface area contributed by atoms with Crippen LogP contribution in [0.2, 0.25) is 0 Å². The number of nitrogens with zero attached hydrogens (tertiary/aromatic N) is 1. The molecule has 0 aliphatic carbocycles. The first-order valence-electron chi connectivity index (χ1n) is 2.90. The SMILES string of the molecule is [C-]#[N+]C/C=C/CCC. The Kier molecular flexibility index (Phi) is 5.63. The van der Waals surface area contributed by atoms with Crippen molar-refractivity contribution < 1.29 is 0 Å². The van der Waals surface area contributed by atoms with Gasteiger partial charge in [-0.3, -0.25) is 0 Å². The van der Waals surface area contributed by atoms with Crippen LogP contribution >= 0.6 is 0 Å². The van der Waals surface area contributed by atoms with Crippen LogP contribution in [0.25, 0.3) is 4.85 Å². The largest absolute Gasteiger partial charge is 0.312 e. The summed E-state index contributed by atoms with van der Waals surface area (Å²) in [6.07, 6.45) is 6.25. The Labute approximate surface area is 50.8 Å². The maximum atomic E-state index is 6.41. The molecule has 0 radical (unpaired) electrons. The molecular weight excluding hydrogens is 98.1 g/mol. The number of hydrogen-bond acceptors (Lipinski definition) is 0. The molecule has 44 valence electrons. The molecule has 0 aliphatic rings. The van der Waals surface area contributed by atoms with E-state index in [1.54, 1.807) is 0 Å². The molecule has 1 heteroatoms. The molecule has 8 heavy (non-hydrogen) atoms. The number of rotatable bonds is 3. The van der Waals surface area contributed by atoms with E-state index in [0.717, 1.165) is 6.42 Å². The Hall–Kier alpha value is -0.770. The van der Waals surface area contributed by atoms with Gasteiger partial charge >= 0.3 is 0 Å². The maximum Gasteiger partial charge on any atom is 0.232 e. The second kappa shape index (κ2) is 6.23. The highest BCUT2D eigenvalue weighted by Gasteiger charge is 1.73. The van der Waals surface area contributed by atoms with E-state index in [2.05, 4.69) is 17.8 Å². The van der Waals surface area contributed by atoms with Gasteiger partial charge in [0.1, 0.15) is 0 Å². The van der Waals surface area contributed by atoms with E-state index in [1.165, 1.54) is 6.42 Å². The van der Waals surface area contributed by atoms with E-state index in [-0.39, 0.29) is 0 Å². The zero-order valence-electron chi connectivity index (χ0n) is 5.22. The molecule has 0 aromatic carbocycles. The zero-order chi connectivity index (χ0) is 6.24. The summed E-state index contributed by atoms with van der Waals surface area (Å²) in [6.45, 7) is 9.08. The van der Waals surface area contributed by atoms with Gasteiger partial charge in [-0.1, -0.05) is 19.4 Å². The van der Waals surface area contributed by atoms with E-state index in [4.69, 9.17) is 6.57 Å². The summed E-state index contributed by atoms with van der Waals surface area (Å²) in [4.78, 5) is 3.17. The lowest BCUT2D eigenvalue weighted by atomic mass is 10.3. The van der Waals surface area contributed by atoms with Crippen LogP contribution in [0.3, 0.4) is 0 Å². The minimum absolute atomic E-state index is 0.542. The van der Waals surface area contributed by atoms with Crippen molar-refractivity contribution in [3.63, 3.8) is 0 Å². The molecule has 0 aliphatic heterocycles. The van der Waals surface area contributed by atoms with E-state index in [9.17, 15) is 0 Å². The van der Waals surface area contributed by atoms with Crippen LogP contribution in [0.1, 0.15) is 19.8 Å². The summed E-state index contributed by atoms with van der Waals surface area (Å²) in [7, 11) is 0. The number of allylic oxidation sites excluding steroid dienone is 1. The maximum absolute atomic E-state index is 6.41. The van der Waals surface area contributed by atoms with Gasteiger partial charge in [0.05, 0.1) is 0 Å². The molecule has 0 heterocycles. The molecule has 0 aromatic rings.